The lowest BCUT2D eigenvalue weighted by molar-refractivity contribution is -0.385. The SMILES string of the molecule is O=C(Cc1cc(Cl)ccc1Cl)N1CCC(c2nc(C3OCc4ccc([N+](=O)[O-])cc4CO3)cs2)CC1. The number of hydrogen-bond acceptors (Lipinski definition) is 7. The number of ether oxygens (including phenoxy) is 2. The highest BCUT2D eigenvalue weighted by atomic mass is 35.5. The van der Waals surface area contributed by atoms with Gasteiger partial charge in [-0.05, 0) is 53.8 Å². The first-order valence-electron chi connectivity index (χ1n) is 11.5. The topological polar surface area (TPSA) is 94.8 Å². The fourth-order valence-corrected chi connectivity index (χ4v) is 5.85. The number of carbonyl (C=O) groups excluding carboxylic acids is 1. The molecule has 8 nitrogen and oxygen atoms in total. The van der Waals surface area contributed by atoms with Crippen LogP contribution in [0.3, 0.4) is 0 Å². The second-order valence-electron chi connectivity index (χ2n) is 8.84. The van der Waals surface area contributed by atoms with E-state index in [0.717, 1.165) is 34.5 Å². The van der Waals surface area contributed by atoms with Crippen LogP contribution >= 0.6 is 34.5 Å². The molecule has 1 amide bonds. The molecule has 36 heavy (non-hydrogen) atoms. The van der Waals surface area contributed by atoms with Crippen LogP contribution in [0.1, 0.15) is 52.4 Å². The van der Waals surface area contributed by atoms with Gasteiger partial charge in [0, 0.05) is 46.6 Å². The molecule has 188 valence electrons. The number of nitro groups is 1. The summed E-state index contributed by atoms with van der Waals surface area (Å²) in [5.74, 6) is 0.297. The highest BCUT2D eigenvalue weighted by Gasteiger charge is 2.28. The van der Waals surface area contributed by atoms with Gasteiger partial charge in [0.25, 0.3) is 5.69 Å². The maximum absolute atomic E-state index is 12.8. The molecular weight excluding hydrogens is 525 g/mol. The highest BCUT2D eigenvalue weighted by molar-refractivity contribution is 7.09. The minimum atomic E-state index is -0.634. The first kappa shape index (κ1) is 25.1. The zero-order valence-electron chi connectivity index (χ0n) is 19.2. The molecule has 3 heterocycles. The molecule has 2 aliphatic heterocycles. The van der Waals surface area contributed by atoms with Crippen molar-refractivity contribution in [3.8, 4) is 0 Å². The number of hydrogen-bond donors (Lipinski definition) is 0. The van der Waals surface area contributed by atoms with Crippen molar-refractivity contribution in [1.82, 2.24) is 9.88 Å². The number of rotatable bonds is 5. The van der Waals surface area contributed by atoms with E-state index in [1.807, 2.05) is 10.3 Å². The summed E-state index contributed by atoms with van der Waals surface area (Å²) in [5, 5.41) is 15.1. The first-order valence-corrected chi connectivity index (χ1v) is 13.2. The number of nitrogens with zero attached hydrogens (tertiary/aromatic N) is 3. The molecule has 0 bridgehead atoms. The summed E-state index contributed by atoms with van der Waals surface area (Å²) in [7, 11) is 0. The maximum atomic E-state index is 12.8. The van der Waals surface area contributed by atoms with Gasteiger partial charge >= 0.3 is 0 Å². The number of nitro benzene ring substituents is 1. The average Bonchev–Trinajstić information content (AvgIpc) is 3.27. The van der Waals surface area contributed by atoms with E-state index in [9.17, 15) is 14.9 Å². The minimum Gasteiger partial charge on any atom is -0.342 e. The van der Waals surface area contributed by atoms with E-state index in [4.69, 9.17) is 37.7 Å². The molecule has 1 atom stereocenters. The van der Waals surface area contributed by atoms with Gasteiger partial charge in [0.2, 0.25) is 12.2 Å². The minimum absolute atomic E-state index is 0.0345. The monoisotopic (exact) mass is 547 g/mol. The second kappa shape index (κ2) is 10.8. The third-order valence-electron chi connectivity index (χ3n) is 6.51. The number of fused-ring (bicyclic) bond motifs is 1. The summed E-state index contributed by atoms with van der Waals surface area (Å²) in [6.07, 6.45) is 1.24. The molecule has 3 aromatic rings. The lowest BCUT2D eigenvalue weighted by Gasteiger charge is -2.31. The Hall–Kier alpha value is -2.56. The van der Waals surface area contributed by atoms with Crippen molar-refractivity contribution in [1.29, 1.82) is 0 Å². The van der Waals surface area contributed by atoms with Crippen LogP contribution in [0.2, 0.25) is 10.0 Å². The van der Waals surface area contributed by atoms with E-state index in [-0.39, 0.29) is 30.5 Å². The van der Waals surface area contributed by atoms with Crippen LogP contribution in [-0.2, 0) is 33.9 Å². The van der Waals surface area contributed by atoms with Crippen LogP contribution in [0.4, 0.5) is 5.69 Å². The maximum Gasteiger partial charge on any atom is 0.269 e. The van der Waals surface area contributed by atoms with Crippen LogP contribution in [-0.4, -0.2) is 33.8 Å². The van der Waals surface area contributed by atoms with E-state index >= 15 is 0 Å². The Morgan fingerprint density at radius 1 is 1.11 bits per heavy atom. The van der Waals surface area contributed by atoms with Crippen LogP contribution < -0.4 is 0 Å². The highest BCUT2D eigenvalue weighted by Crippen LogP contribution is 2.35. The van der Waals surface area contributed by atoms with Gasteiger partial charge in [-0.15, -0.1) is 11.3 Å². The van der Waals surface area contributed by atoms with E-state index in [2.05, 4.69) is 0 Å². The van der Waals surface area contributed by atoms with E-state index in [1.54, 1.807) is 35.6 Å². The molecule has 0 N–H and O–H groups in total. The number of piperidine rings is 1. The summed E-state index contributed by atoms with van der Waals surface area (Å²) in [6, 6.07) is 9.88. The zero-order valence-corrected chi connectivity index (χ0v) is 21.5. The average molecular weight is 548 g/mol. The molecule has 2 aromatic carbocycles. The smallest absolute Gasteiger partial charge is 0.269 e. The first-order chi connectivity index (χ1) is 17.4. The third-order valence-corrected chi connectivity index (χ3v) is 8.14. The van der Waals surface area contributed by atoms with Crippen LogP contribution in [0.25, 0.3) is 0 Å². The third kappa shape index (κ3) is 5.55. The largest absolute Gasteiger partial charge is 0.342 e. The molecular formula is C25H23Cl2N3O5S. The van der Waals surface area contributed by atoms with Crippen LogP contribution in [0, 0.1) is 10.1 Å². The standard InChI is InChI=1S/C25H23Cl2N3O5S/c26-19-2-4-21(27)17(9-19)11-23(31)29-7-5-15(6-8-29)24-28-22(14-36-24)25-34-12-16-1-3-20(30(32)33)10-18(16)13-35-25/h1-4,9-10,14-15,25H,5-8,11-13H2. The van der Waals surface area contributed by atoms with Gasteiger partial charge in [-0.1, -0.05) is 23.2 Å². The van der Waals surface area contributed by atoms with Crippen molar-refractivity contribution in [3.63, 3.8) is 0 Å². The Balaban J connectivity index is 1.17. The number of thiazole rings is 1. The molecule has 0 saturated carbocycles. The zero-order chi connectivity index (χ0) is 25.2. The summed E-state index contributed by atoms with van der Waals surface area (Å²) in [4.78, 5) is 30.1. The summed E-state index contributed by atoms with van der Waals surface area (Å²) in [6.45, 7) is 1.82. The van der Waals surface area contributed by atoms with Gasteiger partial charge in [-0.3, -0.25) is 14.9 Å². The lowest BCUT2D eigenvalue weighted by Crippen LogP contribution is -2.38. The summed E-state index contributed by atoms with van der Waals surface area (Å²) < 4.78 is 11.8. The van der Waals surface area contributed by atoms with Crippen molar-refractivity contribution in [3.05, 3.63) is 89.3 Å². The predicted molar refractivity (Wildman–Crippen MR) is 136 cm³/mol. The fraction of sp³-hybridized carbons (Fsp3) is 0.360. The normalized spacial score (nSPS) is 18.5. The quantitative estimate of drug-likeness (QED) is 0.285. The number of benzene rings is 2. The van der Waals surface area contributed by atoms with Gasteiger partial charge in [-0.25, -0.2) is 4.98 Å². The molecule has 0 aliphatic carbocycles. The van der Waals surface area contributed by atoms with E-state index in [1.165, 1.54) is 12.1 Å². The van der Waals surface area contributed by atoms with E-state index in [0.29, 0.717) is 35.4 Å². The van der Waals surface area contributed by atoms with E-state index < -0.39 is 11.2 Å². The molecule has 0 radical (unpaired) electrons. The van der Waals surface area contributed by atoms with Crippen molar-refractivity contribution in [2.45, 2.75) is 44.7 Å². The molecule has 11 heteroatoms. The molecule has 1 unspecified atom stereocenters. The van der Waals surface area contributed by atoms with Crippen molar-refractivity contribution in [2.24, 2.45) is 0 Å². The predicted octanol–water partition coefficient (Wildman–Crippen LogP) is 6.05. The Bertz CT molecular complexity index is 1290. The molecule has 0 spiro atoms. The number of non-ortho nitro benzene ring substituents is 1. The number of carbonyl (C=O) groups is 1. The lowest BCUT2D eigenvalue weighted by atomic mass is 9.97. The van der Waals surface area contributed by atoms with Crippen LogP contribution in [0.15, 0.2) is 41.8 Å². The summed E-state index contributed by atoms with van der Waals surface area (Å²) >= 11 is 13.8. The molecule has 1 aromatic heterocycles. The Kier molecular flexibility index (Phi) is 7.55. The van der Waals surface area contributed by atoms with Gasteiger partial charge in [0.05, 0.1) is 29.6 Å². The van der Waals surface area contributed by atoms with Crippen molar-refractivity contribution in [2.75, 3.05) is 13.1 Å². The van der Waals surface area contributed by atoms with Crippen molar-refractivity contribution >= 4 is 46.1 Å². The molecule has 1 saturated heterocycles. The number of likely N-dealkylation sites (tertiary alicyclic amines) is 1. The van der Waals surface area contributed by atoms with Gasteiger partial charge in [0.15, 0.2) is 0 Å². The Morgan fingerprint density at radius 2 is 1.86 bits per heavy atom. The van der Waals surface area contributed by atoms with Crippen LogP contribution in [0.5, 0.6) is 0 Å². The Labute approximate surface area is 221 Å². The van der Waals surface area contributed by atoms with Crippen molar-refractivity contribution < 1.29 is 19.2 Å². The summed E-state index contributed by atoms with van der Waals surface area (Å²) in [5.41, 5.74) is 3.09. The number of amides is 1. The fourth-order valence-electron chi connectivity index (χ4n) is 4.48. The molecule has 5 rings (SSSR count). The number of halogens is 2. The van der Waals surface area contributed by atoms with Gasteiger partial charge < -0.3 is 14.4 Å². The van der Waals surface area contributed by atoms with Gasteiger partial charge in [-0.2, -0.15) is 0 Å². The molecule has 1 fully saturated rings. The van der Waals surface area contributed by atoms with Gasteiger partial charge in [0.1, 0.15) is 5.69 Å². The number of aromatic nitrogens is 1. The Morgan fingerprint density at radius 3 is 2.61 bits per heavy atom. The second-order valence-corrected chi connectivity index (χ2v) is 10.6. The molecule has 2 aliphatic rings.